The van der Waals surface area contributed by atoms with Crippen molar-refractivity contribution in [1.82, 2.24) is 9.55 Å². The van der Waals surface area contributed by atoms with Crippen molar-refractivity contribution >= 4 is 39.4 Å². The SMILES string of the molecule is CCOP(=O)(OCC)C(C)n1c(=O)c(=O)[nH]c2ccc3c(S(N)(=O)=O)cccc3c21. The van der Waals surface area contributed by atoms with E-state index in [1.807, 2.05) is 0 Å². The Bertz CT molecular complexity index is 1380. The van der Waals surface area contributed by atoms with E-state index in [0.717, 1.165) is 4.57 Å². The summed E-state index contributed by atoms with van der Waals surface area (Å²) in [4.78, 5) is 27.5. The summed E-state index contributed by atoms with van der Waals surface area (Å²) in [6.07, 6.45) is 0. The van der Waals surface area contributed by atoms with Gasteiger partial charge >= 0.3 is 18.7 Å². The van der Waals surface area contributed by atoms with Gasteiger partial charge in [-0.2, -0.15) is 0 Å². The Hall–Kier alpha value is -2.30. The fourth-order valence-electron chi connectivity index (χ4n) is 3.42. The molecule has 3 rings (SSSR count). The lowest BCUT2D eigenvalue weighted by atomic mass is 10.1. The zero-order valence-corrected chi connectivity index (χ0v) is 18.3. The van der Waals surface area contributed by atoms with Gasteiger partial charge in [0.1, 0.15) is 5.78 Å². The van der Waals surface area contributed by atoms with Gasteiger partial charge < -0.3 is 14.0 Å². The Morgan fingerprint density at radius 1 is 1.10 bits per heavy atom. The van der Waals surface area contributed by atoms with Crippen LogP contribution in [-0.4, -0.2) is 31.2 Å². The van der Waals surface area contributed by atoms with Crippen molar-refractivity contribution in [3.8, 4) is 0 Å². The van der Waals surface area contributed by atoms with Crippen LogP contribution in [0.15, 0.2) is 44.8 Å². The highest BCUT2D eigenvalue weighted by molar-refractivity contribution is 7.89. The number of hydrogen-bond donors (Lipinski definition) is 2. The molecule has 0 radical (unpaired) electrons. The fourth-order valence-corrected chi connectivity index (χ4v) is 5.90. The van der Waals surface area contributed by atoms with E-state index < -0.39 is 34.5 Å². The number of nitrogens with one attached hydrogen (secondary N) is 1. The molecule has 0 saturated heterocycles. The Morgan fingerprint density at radius 3 is 2.30 bits per heavy atom. The third-order valence-electron chi connectivity index (χ3n) is 4.65. The zero-order valence-electron chi connectivity index (χ0n) is 16.6. The molecule has 0 spiro atoms. The minimum Gasteiger partial charge on any atom is -0.316 e. The molecule has 0 fully saturated rings. The Labute approximate surface area is 172 Å². The zero-order chi connectivity index (χ0) is 22.3. The molecule has 10 nitrogen and oxygen atoms in total. The number of nitrogens with two attached hydrogens (primary N) is 1. The van der Waals surface area contributed by atoms with Gasteiger partial charge in [-0.25, -0.2) is 13.6 Å². The maximum atomic E-state index is 13.4. The average molecular weight is 455 g/mol. The second-order valence-corrected chi connectivity index (χ2v) is 10.4. The molecule has 1 aromatic heterocycles. The predicted molar refractivity (Wildman–Crippen MR) is 113 cm³/mol. The van der Waals surface area contributed by atoms with E-state index in [2.05, 4.69) is 4.98 Å². The topological polar surface area (TPSA) is 151 Å². The maximum absolute atomic E-state index is 13.4. The number of hydrogen-bond acceptors (Lipinski definition) is 7. The first kappa shape index (κ1) is 22.4. The van der Waals surface area contributed by atoms with E-state index >= 15 is 0 Å². The van der Waals surface area contributed by atoms with E-state index in [-0.39, 0.29) is 34.5 Å². The van der Waals surface area contributed by atoms with E-state index in [9.17, 15) is 22.6 Å². The Morgan fingerprint density at radius 2 is 1.73 bits per heavy atom. The van der Waals surface area contributed by atoms with Gasteiger partial charge in [-0.15, -0.1) is 0 Å². The van der Waals surface area contributed by atoms with Gasteiger partial charge in [0.2, 0.25) is 10.0 Å². The highest BCUT2D eigenvalue weighted by Gasteiger charge is 2.35. The Balaban J connectivity index is 2.51. The minimum absolute atomic E-state index is 0.0633. The molecule has 0 bridgehead atoms. The summed E-state index contributed by atoms with van der Waals surface area (Å²) in [6, 6.07) is 7.34. The summed E-state index contributed by atoms with van der Waals surface area (Å²) in [6.45, 7) is 4.84. The van der Waals surface area contributed by atoms with Crippen LogP contribution in [0.1, 0.15) is 26.6 Å². The number of aromatic nitrogens is 2. The minimum atomic E-state index is -4.06. The normalized spacial score (nSPS) is 13.7. The molecule has 3 aromatic rings. The standard InChI is InChI=1S/C18H22N3O7PS/c1-4-27-29(24,28-5-2)11(3)21-16-13-7-6-8-15(30(19,25)26)12(13)9-10-14(16)20-17(22)18(21)23/h6-11H,4-5H2,1-3H3,(H,20,22)(H2,19,25,26). The van der Waals surface area contributed by atoms with Gasteiger partial charge in [-0.05, 0) is 32.9 Å². The lowest BCUT2D eigenvalue weighted by Crippen LogP contribution is -2.38. The smallest absolute Gasteiger partial charge is 0.316 e. The van der Waals surface area contributed by atoms with Gasteiger partial charge in [0.05, 0.1) is 29.1 Å². The molecule has 0 saturated carbocycles. The first-order valence-corrected chi connectivity index (χ1v) is 12.3. The number of fused-ring (bicyclic) bond motifs is 3. The van der Waals surface area contributed by atoms with Crippen LogP contribution in [0.2, 0.25) is 0 Å². The molecule has 162 valence electrons. The van der Waals surface area contributed by atoms with Crippen LogP contribution >= 0.6 is 7.60 Å². The first-order valence-electron chi connectivity index (χ1n) is 9.17. The van der Waals surface area contributed by atoms with Gasteiger partial charge in [-0.1, -0.05) is 18.2 Å². The van der Waals surface area contributed by atoms with Crippen molar-refractivity contribution < 1.29 is 22.0 Å². The van der Waals surface area contributed by atoms with Crippen LogP contribution in [0.4, 0.5) is 0 Å². The summed E-state index contributed by atoms with van der Waals surface area (Å²) >= 11 is 0. The highest BCUT2D eigenvalue weighted by Crippen LogP contribution is 2.58. The lowest BCUT2D eigenvalue weighted by molar-refractivity contribution is 0.206. The number of aromatic amines is 1. The number of benzene rings is 2. The summed E-state index contributed by atoms with van der Waals surface area (Å²) in [5.41, 5.74) is -1.45. The molecule has 3 N–H and O–H groups in total. The fraction of sp³-hybridized carbons (Fsp3) is 0.333. The summed E-state index contributed by atoms with van der Waals surface area (Å²) in [7, 11) is -7.90. The monoisotopic (exact) mass is 455 g/mol. The molecule has 1 heterocycles. The van der Waals surface area contributed by atoms with E-state index in [4.69, 9.17) is 14.2 Å². The Kier molecular flexibility index (Phi) is 6.03. The molecule has 0 aliphatic carbocycles. The third kappa shape index (κ3) is 3.75. The highest BCUT2D eigenvalue weighted by atomic mass is 32.2. The molecule has 0 aliphatic heterocycles. The van der Waals surface area contributed by atoms with Crippen molar-refractivity contribution in [2.45, 2.75) is 31.4 Å². The van der Waals surface area contributed by atoms with Gasteiger partial charge in [0.15, 0.2) is 0 Å². The second-order valence-electron chi connectivity index (χ2n) is 6.49. The third-order valence-corrected chi connectivity index (χ3v) is 8.00. The predicted octanol–water partition coefficient (Wildman–Crippen LogP) is 2.28. The molecule has 1 unspecified atom stereocenters. The van der Waals surface area contributed by atoms with Gasteiger partial charge in [0.25, 0.3) is 0 Å². The van der Waals surface area contributed by atoms with Crippen molar-refractivity contribution in [3.63, 3.8) is 0 Å². The van der Waals surface area contributed by atoms with Crippen molar-refractivity contribution in [2.24, 2.45) is 5.14 Å². The molecule has 30 heavy (non-hydrogen) atoms. The maximum Gasteiger partial charge on any atom is 0.353 e. The quantitative estimate of drug-likeness (QED) is 0.315. The van der Waals surface area contributed by atoms with Gasteiger partial charge in [-0.3, -0.25) is 18.7 Å². The van der Waals surface area contributed by atoms with Gasteiger partial charge in [0, 0.05) is 10.8 Å². The van der Waals surface area contributed by atoms with Crippen LogP contribution in [-0.2, 0) is 23.6 Å². The van der Waals surface area contributed by atoms with Crippen LogP contribution < -0.4 is 16.3 Å². The molecule has 0 aliphatic rings. The second kappa shape index (κ2) is 8.09. The lowest BCUT2D eigenvalue weighted by Gasteiger charge is -2.26. The summed E-state index contributed by atoms with van der Waals surface area (Å²) in [5.74, 6) is -1.15. The summed E-state index contributed by atoms with van der Waals surface area (Å²) < 4.78 is 49.2. The molecule has 2 aromatic carbocycles. The molecule has 0 amide bonds. The van der Waals surface area contributed by atoms with E-state index in [1.54, 1.807) is 19.9 Å². The van der Waals surface area contributed by atoms with Crippen LogP contribution in [0.25, 0.3) is 21.8 Å². The summed E-state index contributed by atoms with van der Waals surface area (Å²) in [5, 5.41) is 5.91. The number of rotatable bonds is 7. The number of H-pyrrole nitrogens is 1. The van der Waals surface area contributed by atoms with Crippen LogP contribution in [0.3, 0.4) is 0 Å². The van der Waals surface area contributed by atoms with E-state index in [0.29, 0.717) is 5.39 Å². The van der Waals surface area contributed by atoms with Crippen molar-refractivity contribution in [3.05, 3.63) is 51.0 Å². The number of nitrogens with zero attached hydrogens (tertiary/aromatic N) is 1. The molecular formula is C18H22N3O7PS. The first-order chi connectivity index (χ1) is 14.0. The molecule has 12 heteroatoms. The number of sulfonamides is 1. The number of primary sulfonamides is 1. The molecule has 1 atom stereocenters. The largest absolute Gasteiger partial charge is 0.353 e. The average Bonchev–Trinajstić information content (AvgIpc) is 2.67. The van der Waals surface area contributed by atoms with E-state index in [1.165, 1.54) is 31.2 Å². The molecular weight excluding hydrogens is 433 g/mol. The van der Waals surface area contributed by atoms with Crippen molar-refractivity contribution in [1.29, 1.82) is 0 Å². The van der Waals surface area contributed by atoms with Crippen LogP contribution in [0.5, 0.6) is 0 Å². The van der Waals surface area contributed by atoms with Crippen molar-refractivity contribution in [2.75, 3.05) is 13.2 Å². The van der Waals surface area contributed by atoms with Crippen LogP contribution in [0, 0.1) is 0 Å².